The second-order valence-electron chi connectivity index (χ2n) is 11.8. The van der Waals surface area contributed by atoms with Crippen LogP contribution >= 0.6 is 0 Å². The lowest BCUT2D eigenvalue weighted by molar-refractivity contribution is -0.139. The van der Waals surface area contributed by atoms with Crippen molar-refractivity contribution in [2.24, 2.45) is 34.5 Å². The maximum absolute atomic E-state index is 13.4. The van der Waals surface area contributed by atoms with E-state index in [4.69, 9.17) is 0 Å². The maximum Gasteiger partial charge on any atom is 0.226 e. The number of piperidine rings is 2. The van der Waals surface area contributed by atoms with Crippen LogP contribution in [0.5, 0.6) is 0 Å². The monoisotopic (exact) mass is 427 g/mol. The summed E-state index contributed by atoms with van der Waals surface area (Å²) in [6.07, 6.45) is 9.61. The fourth-order valence-corrected chi connectivity index (χ4v) is 8.82. The molecule has 0 aromatic rings. The topological polar surface area (TPSA) is 61.4 Å². The van der Waals surface area contributed by atoms with Crippen molar-refractivity contribution in [2.75, 3.05) is 20.1 Å². The van der Waals surface area contributed by atoms with E-state index in [0.717, 1.165) is 51.6 Å². The van der Waals surface area contributed by atoms with Gasteiger partial charge in [0.15, 0.2) is 0 Å². The maximum atomic E-state index is 13.4. The average molecular weight is 428 g/mol. The van der Waals surface area contributed by atoms with Crippen molar-refractivity contribution in [1.29, 1.82) is 0 Å². The molecule has 5 heteroatoms. The molecule has 2 heterocycles. The number of carbonyl (C=O) groups excluding carboxylic acids is 2. The van der Waals surface area contributed by atoms with E-state index in [0.29, 0.717) is 36.1 Å². The zero-order chi connectivity index (χ0) is 22.0. The summed E-state index contributed by atoms with van der Waals surface area (Å²) < 4.78 is 0. The summed E-state index contributed by atoms with van der Waals surface area (Å²) in [7, 11) is 1.99. The third-order valence-corrected chi connectivity index (χ3v) is 10.3. The molecular formula is C26H41N3O2. The number of likely N-dealkylation sites (tertiary alicyclic amines) is 1. The highest BCUT2D eigenvalue weighted by atomic mass is 16.2. The summed E-state index contributed by atoms with van der Waals surface area (Å²) in [5.74, 6) is 2.68. The van der Waals surface area contributed by atoms with Gasteiger partial charge in [0.05, 0.1) is 0 Å². The number of amides is 2. The number of nitrogens with one attached hydrogen (secondary N) is 2. The number of nitrogens with zero attached hydrogens (tertiary/aromatic N) is 1. The van der Waals surface area contributed by atoms with E-state index in [9.17, 15) is 9.59 Å². The van der Waals surface area contributed by atoms with E-state index in [1.807, 2.05) is 11.9 Å². The van der Waals surface area contributed by atoms with Gasteiger partial charge < -0.3 is 15.5 Å². The average Bonchev–Trinajstić information content (AvgIpc) is 3.09. The lowest BCUT2D eigenvalue weighted by Gasteiger charge is -2.59. The Labute approximate surface area is 187 Å². The first-order chi connectivity index (χ1) is 14.8. The van der Waals surface area contributed by atoms with Crippen LogP contribution in [0, 0.1) is 34.5 Å². The van der Waals surface area contributed by atoms with Gasteiger partial charge in [-0.25, -0.2) is 0 Å². The first-order valence-corrected chi connectivity index (χ1v) is 12.7. The van der Waals surface area contributed by atoms with E-state index in [1.165, 1.54) is 24.1 Å². The minimum absolute atomic E-state index is 0.116. The Morgan fingerprint density at radius 3 is 2.68 bits per heavy atom. The Morgan fingerprint density at radius 1 is 1.13 bits per heavy atom. The molecule has 0 spiro atoms. The molecule has 2 saturated carbocycles. The number of hydrogen-bond acceptors (Lipinski definition) is 3. The van der Waals surface area contributed by atoms with Crippen LogP contribution < -0.4 is 10.6 Å². The number of allylic oxidation sites excluding steroid dienone is 2. The summed E-state index contributed by atoms with van der Waals surface area (Å²) in [6.45, 7) is 9.12. The molecule has 31 heavy (non-hydrogen) atoms. The second kappa shape index (κ2) is 7.60. The molecule has 5 aliphatic rings. The third kappa shape index (κ3) is 3.20. The number of rotatable bonds is 2. The van der Waals surface area contributed by atoms with Crippen LogP contribution in [0.1, 0.15) is 78.6 Å². The number of carbonyl (C=O) groups is 2. The molecule has 0 bridgehead atoms. The van der Waals surface area contributed by atoms with Gasteiger partial charge in [-0.05, 0) is 88.0 Å². The van der Waals surface area contributed by atoms with Crippen molar-refractivity contribution in [3.8, 4) is 0 Å². The highest BCUT2D eigenvalue weighted by Crippen LogP contribution is 2.66. The molecule has 4 fully saturated rings. The largest absolute Gasteiger partial charge is 0.352 e. The highest BCUT2D eigenvalue weighted by Gasteiger charge is 2.61. The molecule has 0 aromatic heterocycles. The van der Waals surface area contributed by atoms with Gasteiger partial charge in [0.1, 0.15) is 0 Å². The molecule has 3 aliphatic carbocycles. The van der Waals surface area contributed by atoms with E-state index >= 15 is 0 Å². The fraction of sp³-hybridized carbons (Fsp3) is 0.846. The Balaban J connectivity index is 1.39. The SMILES string of the molecule is CC1=C2N(C)C(=O)CC[C@]2(C)[C@@H]2CC[C@]3(C)C(C(=O)NC4CCCNC4)CC[C@H]3[C@@H]2C1. The molecule has 2 unspecified atom stereocenters. The molecule has 2 N–H and O–H groups in total. The van der Waals surface area contributed by atoms with Crippen LogP contribution in [-0.4, -0.2) is 42.9 Å². The van der Waals surface area contributed by atoms with E-state index in [1.54, 1.807) is 0 Å². The Hall–Kier alpha value is -1.36. The third-order valence-electron chi connectivity index (χ3n) is 10.3. The lowest BCUT2D eigenvalue weighted by Crippen LogP contribution is -2.55. The fourth-order valence-electron chi connectivity index (χ4n) is 8.82. The highest BCUT2D eigenvalue weighted by molar-refractivity contribution is 5.81. The molecule has 172 valence electrons. The zero-order valence-corrected chi connectivity index (χ0v) is 19.9. The quantitative estimate of drug-likeness (QED) is 0.704. The van der Waals surface area contributed by atoms with Crippen LogP contribution in [0.15, 0.2) is 11.3 Å². The van der Waals surface area contributed by atoms with Crippen LogP contribution in [0.3, 0.4) is 0 Å². The first-order valence-electron chi connectivity index (χ1n) is 12.7. The number of fused-ring (bicyclic) bond motifs is 5. The van der Waals surface area contributed by atoms with E-state index in [2.05, 4.69) is 31.4 Å². The summed E-state index contributed by atoms with van der Waals surface area (Å²) in [5.41, 5.74) is 2.98. The van der Waals surface area contributed by atoms with Crippen molar-refractivity contribution in [1.82, 2.24) is 15.5 Å². The second-order valence-corrected chi connectivity index (χ2v) is 11.8. The molecule has 0 radical (unpaired) electrons. The zero-order valence-electron chi connectivity index (χ0n) is 19.9. The molecule has 2 amide bonds. The molecular weight excluding hydrogens is 386 g/mol. The van der Waals surface area contributed by atoms with Crippen molar-refractivity contribution >= 4 is 11.8 Å². The van der Waals surface area contributed by atoms with Crippen molar-refractivity contribution in [2.45, 2.75) is 84.6 Å². The Kier molecular flexibility index (Phi) is 5.27. The molecule has 2 saturated heterocycles. The molecule has 5 nitrogen and oxygen atoms in total. The van der Waals surface area contributed by atoms with Gasteiger partial charge in [-0.15, -0.1) is 0 Å². The first kappa shape index (κ1) is 21.5. The number of hydrogen-bond donors (Lipinski definition) is 2. The van der Waals surface area contributed by atoms with Gasteiger partial charge in [-0.3, -0.25) is 9.59 Å². The predicted octanol–water partition coefficient (Wildman–Crippen LogP) is 3.85. The standard InChI is InChI=1S/C26H41N3O2/c1-16-14-18-19-7-8-21(24(31)28-17-6-5-13-27-15-17)25(19,2)11-9-20(18)26(3)12-10-22(30)29(4)23(16)26/h17-21,27H,5-15H2,1-4H3,(H,28,31)/t17?,18-,19-,20+,21?,25-,26+/m0/s1. The van der Waals surface area contributed by atoms with Crippen LogP contribution in [0.25, 0.3) is 0 Å². The molecule has 0 aromatic carbocycles. The molecule has 5 rings (SSSR count). The van der Waals surface area contributed by atoms with Gasteiger partial charge in [0.25, 0.3) is 0 Å². The summed E-state index contributed by atoms with van der Waals surface area (Å²) >= 11 is 0. The van der Waals surface area contributed by atoms with Crippen LogP contribution in [0.2, 0.25) is 0 Å². The van der Waals surface area contributed by atoms with Crippen LogP contribution in [-0.2, 0) is 9.59 Å². The van der Waals surface area contributed by atoms with Gasteiger partial charge in [-0.2, -0.15) is 0 Å². The van der Waals surface area contributed by atoms with Gasteiger partial charge in [0, 0.05) is 43.1 Å². The van der Waals surface area contributed by atoms with Crippen LogP contribution in [0.4, 0.5) is 0 Å². The smallest absolute Gasteiger partial charge is 0.226 e. The molecule has 2 aliphatic heterocycles. The predicted molar refractivity (Wildman–Crippen MR) is 122 cm³/mol. The summed E-state index contributed by atoms with van der Waals surface area (Å²) in [5, 5.41) is 6.84. The Bertz CT molecular complexity index is 800. The van der Waals surface area contributed by atoms with Crippen molar-refractivity contribution < 1.29 is 9.59 Å². The van der Waals surface area contributed by atoms with Gasteiger partial charge in [-0.1, -0.05) is 19.4 Å². The van der Waals surface area contributed by atoms with Crippen molar-refractivity contribution in [3.05, 3.63) is 11.3 Å². The van der Waals surface area contributed by atoms with E-state index in [-0.39, 0.29) is 22.7 Å². The van der Waals surface area contributed by atoms with Gasteiger partial charge in [0.2, 0.25) is 11.8 Å². The summed E-state index contributed by atoms with van der Waals surface area (Å²) in [6, 6.07) is 0.303. The van der Waals surface area contributed by atoms with Crippen molar-refractivity contribution in [3.63, 3.8) is 0 Å². The minimum Gasteiger partial charge on any atom is -0.352 e. The molecule has 7 atom stereocenters. The minimum atomic E-state index is 0.116. The van der Waals surface area contributed by atoms with Gasteiger partial charge >= 0.3 is 0 Å². The van der Waals surface area contributed by atoms with E-state index < -0.39 is 0 Å². The normalized spacial score (nSPS) is 45.1. The Morgan fingerprint density at radius 2 is 1.94 bits per heavy atom. The summed E-state index contributed by atoms with van der Waals surface area (Å²) in [4.78, 5) is 27.8. The lowest BCUT2D eigenvalue weighted by atomic mass is 9.48.